The maximum absolute atomic E-state index is 11.0. The Bertz CT molecular complexity index is 447. The minimum Gasteiger partial charge on any atom is -0.491 e. The predicted molar refractivity (Wildman–Crippen MR) is 73.7 cm³/mol. The second kappa shape index (κ2) is 6.06. The zero-order valence-corrected chi connectivity index (χ0v) is 11.5. The highest BCUT2D eigenvalue weighted by atomic mass is 16.5. The van der Waals surface area contributed by atoms with Crippen LogP contribution >= 0.6 is 0 Å². The normalized spacial score (nSPS) is 23.5. The van der Waals surface area contributed by atoms with Crippen LogP contribution in [0.1, 0.15) is 30.6 Å². The number of ether oxygens (including phenoxy) is 1. The van der Waals surface area contributed by atoms with E-state index in [1.165, 1.54) is 6.42 Å². The van der Waals surface area contributed by atoms with Gasteiger partial charge in [-0.3, -0.25) is 4.90 Å². The summed E-state index contributed by atoms with van der Waals surface area (Å²) in [4.78, 5) is 13.4. The maximum Gasteiger partial charge on any atom is 0.339 e. The van der Waals surface area contributed by atoms with Crippen molar-refractivity contribution in [2.75, 3.05) is 19.7 Å². The van der Waals surface area contributed by atoms with Gasteiger partial charge in [0.25, 0.3) is 0 Å². The largest absolute Gasteiger partial charge is 0.491 e. The first-order chi connectivity index (χ1) is 9.08. The quantitative estimate of drug-likeness (QED) is 0.886. The summed E-state index contributed by atoms with van der Waals surface area (Å²) >= 11 is 0. The molecule has 0 amide bonds. The fourth-order valence-electron chi connectivity index (χ4n) is 2.74. The number of hydrogen-bond donors (Lipinski definition) is 1. The van der Waals surface area contributed by atoms with Gasteiger partial charge in [0.15, 0.2) is 0 Å². The molecule has 4 heteroatoms. The highest BCUT2D eigenvalue weighted by Gasteiger charge is 2.25. The molecule has 0 spiro atoms. The van der Waals surface area contributed by atoms with Gasteiger partial charge in [-0.15, -0.1) is 0 Å². The summed E-state index contributed by atoms with van der Waals surface area (Å²) in [6, 6.07) is 7.37. The van der Waals surface area contributed by atoms with Crippen molar-refractivity contribution in [1.82, 2.24) is 4.90 Å². The lowest BCUT2D eigenvalue weighted by Crippen LogP contribution is -2.31. The number of hydrogen-bond acceptors (Lipinski definition) is 3. The summed E-state index contributed by atoms with van der Waals surface area (Å²) in [6.07, 6.45) is 1.23. The van der Waals surface area contributed by atoms with Crippen LogP contribution in [0.4, 0.5) is 0 Å². The molecular formula is C15H21NO3. The Labute approximate surface area is 114 Å². The van der Waals surface area contributed by atoms with Crippen LogP contribution in [0, 0.1) is 5.92 Å². The molecule has 1 saturated heterocycles. The molecule has 2 unspecified atom stereocenters. The zero-order valence-electron chi connectivity index (χ0n) is 11.5. The summed E-state index contributed by atoms with van der Waals surface area (Å²) in [5.41, 5.74) is 0.227. The number of rotatable bonds is 5. The van der Waals surface area contributed by atoms with Crippen LogP contribution in [0.15, 0.2) is 24.3 Å². The van der Waals surface area contributed by atoms with Crippen molar-refractivity contribution < 1.29 is 14.6 Å². The van der Waals surface area contributed by atoms with Crippen LogP contribution in [0.3, 0.4) is 0 Å². The number of aromatic carboxylic acids is 1. The molecule has 1 aliphatic heterocycles. The molecule has 0 saturated carbocycles. The van der Waals surface area contributed by atoms with E-state index in [1.807, 2.05) is 0 Å². The van der Waals surface area contributed by atoms with E-state index in [9.17, 15) is 4.79 Å². The molecule has 19 heavy (non-hydrogen) atoms. The van der Waals surface area contributed by atoms with Gasteiger partial charge in [-0.2, -0.15) is 0 Å². The van der Waals surface area contributed by atoms with Gasteiger partial charge < -0.3 is 9.84 Å². The van der Waals surface area contributed by atoms with E-state index in [2.05, 4.69) is 18.7 Å². The molecular weight excluding hydrogens is 242 g/mol. The molecule has 4 nitrogen and oxygen atoms in total. The summed E-state index contributed by atoms with van der Waals surface area (Å²) in [7, 11) is 0. The van der Waals surface area contributed by atoms with Crippen LogP contribution in [-0.2, 0) is 0 Å². The van der Waals surface area contributed by atoms with Crippen molar-refractivity contribution in [3.8, 4) is 5.75 Å². The minimum atomic E-state index is -0.946. The molecule has 1 aromatic carbocycles. The first-order valence-corrected chi connectivity index (χ1v) is 6.77. The molecule has 104 valence electrons. The van der Waals surface area contributed by atoms with Crippen LogP contribution in [0.2, 0.25) is 0 Å². The Kier molecular flexibility index (Phi) is 4.43. The van der Waals surface area contributed by atoms with E-state index < -0.39 is 5.97 Å². The number of benzene rings is 1. The number of nitrogens with zero attached hydrogens (tertiary/aromatic N) is 1. The molecule has 1 N–H and O–H groups in total. The second-order valence-corrected chi connectivity index (χ2v) is 5.33. The molecule has 2 rings (SSSR count). The fourth-order valence-corrected chi connectivity index (χ4v) is 2.74. The van der Waals surface area contributed by atoms with E-state index >= 15 is 0 Å². The van der Waals surface area contributed by atoms with Crippen molar-refractivity contribution in [3.63, 3.8) is 0 Å². The van der Waals surface area contributed by atoms with Crippen LogP contribution in [0.5, 0.6) is 5.75 Å². The molecule has 0 radical (unpaired) electrons. The number of para-hydroxylation sites is 1. The second-order valence-electron chi connectivity index (χ2n) is 5.33. The smallest absolute Gasteiger partial charge is 0.339 e. The van der Waals surface area contributed by atoms with Crippen LogP contribution in [-0.4, -0.2) is 41.7 Å². The Morgan fingerprint density at radius 2 is 2.16 bits per heavy atom. The van der Waals surface area contributed by atoms with E-state index in [0.29, 0.717) is 18.4 Å². The fraction of sp³-hybridized carbons (Fsp3) is 0.533. The zero-order chi connectivity index (χ0) is 13.8. The molecule has 1 heterocycles. The van der Waals surface area contributed by atoms with Gasteiger partial charge in [0, 0.05) is 19.1 Å². The van der Waals surface area contributed by atoms with Gasteiger partial charge in [-0.25, -0.2) is 4.79 Å². The average Bonchev–Trinajstić information content (AvgIpc) is 2.68. The Balaban J connectivity index is 1.88. The maximum atomic E-state index is 11.0. The summed E-state index contributed by atoms with van der Waals surface area (Å²) < 4.78 is 5.62. The predicted octanol–water partition coefficient (Wildman–Crippen LogP) is 2.49. The first-order valence-electron chi connectivity index (χ1n) is 6.77. The third kappa shape index (κ3) is 3.47. The van der Waals surface area contributed by atoms with E-state index in [1.54, 1.807) is 24.3 Å². The topological polar surface area (TPSA) is 49.8 Å². The molecule has 2 atom stereocenters. The standard InChI is InChI=1S/C15H21NO3/c1-11-9-12(2)16(10-11)7-8-19-14-6-4-3-5-13(14)15(17)18/h3-6,11-12H,7-10H2,1-2H3,(H,17,18). The molecule has 0 bridgehead atoms. The lowest BCUT2D eigenvalue weighted by Gasteiger charge is -2.21. The SMILES string of the molecule is CC1CC(C)N(CCOc2ccccc2C(=O)O)C1. The van der Waals surface area contributed by atoms with Crippen LogP contribution in [0.25, 0.3) is 0 Å². The molecule has 1 aromatic rings. The van der Waals surface area contributed by atoms with E-state index in [4.69, 9.17) is 9.84 Å². The lowest BCUT2D eigenvalue weighted by molar-refractivity contribution is 0.0691. The first kappa shape index (κ1) is 13.9. The summed E-state index contributed by atoms with van der Waals surface area (Å²) in [6.45, 7) is 6.97. The number of carboxylic acids is 1. The van der Waals surface area contributed by atoms with Crippen molar-refractivity contribution in [2.45, 2.75) is 26.3 Å². The third-order valence-corrected chi connectivity index (χ3v) is 3.67. The number of carboxylic acid groups (broad SMARTS) is 1. The van der Waals surface area contributed by atoms with Gasteiger partial charge in [0.05, 0.1) is 0 Å². The van der Waals surface area contributed by atoms with Crippen molar-refractivity contribution in [3.05, 3.63) is 29.8 Å². The third-order valence-electron chi connectivity index (χ3n) is 3.67. The van der Waals surface area contributed by atoms with Crippen molar-refractivity contribution in [2.24, 2.45) is 5.92 Å². The van der Waals surface area contributed by atoms with Crippen LogP contribution < -0.4 is 4.74 Å². The highest BCUT2D eigenvalue weighted by molar-refractivity contribution is 5.90. The van der Waals surface area contributed by atoms with Gasteiger partial charge in [0.1, 0.15) is 17.9 Å². The van der Waals surface area contributed by atoms with Gasteiger partial charge in [-0.1, -0.05) is 19.1 Å². The number of likely N-dealkylation sites (tertiary alicyclic amines) is 1. The monoisotopic (exact) mass is 263 g/mol. The summed E-state index contributed by atoms with van der Waals surface area (Å²) in [5, 5.41) is 9.06. The lowest BCUT2D eigenvalue weighted by atomic mass is 10.1. The van der Waals surface area contributed by atoms with Gasteiger partial charge >= 0.3 is 5.97 Å². The molecule has 1 aliphatic rings. The number of carbonyl (C=O) groups is 1. The Morgan fingerprint density at radius 1 is 1.42 bits per heavy atom. The van der Waals surface area contributed by atoms with Crippen molar-refractivity contribution in [1.29, 1.82) is 0 Å². The Morgan fingerprint density at radius 3 is 2.79 bits per heavy atom. The van der Waals surface area contributed by atoms with E-state index in [-0.39, 0.29) is 5.56 Å². The molecule has 0 aliphatic carbocycles. The van der Waals surface area contributed by atoms with Crippen molar-refractivity contribution >= 4 is 5.97 Å². The summed E-state index contributed by atoms with van der Waals surface area (Å²) in [5.74, 6) is 0.245. The minimum absolute atomic E-state index is 0.227. The van der Waals surface area contributed by atoms with Gasteiger partial charge in [0.2, 0.25) is 0 Å². The molecule has 1 fully saturated rings. The molecule has 0 aromatic heterocycles. The average molecular weight is 263 g/mol. The van der Waals surface area contributed by atoms with E-state index in [0.717, 1.165) is 19.0 Å². The Hall–Kier alpha value is -1.55. The van der Waals surface area contributed by atoms with Gasteiger partial charge in [-0.05, 0) is 31.4 Å². The highest BCUT2D eigenvalue weighted by Crippen LogP contribution is 2.22.